The largest absolute Gasteiger partial charge is 0.378 e. The molecule has 0 atom stereocenters. The van der Waals surface area contributed by atoms with Crippen LogP contribution in [0.2, 0.25) is 0 Å². The van der Waals surface area contributed by atoms with Gasteiger partial charge in [0.2, 0.25) is 0 Å². The van der Waals surface area contributed by atoms with Crippen molar-refractivity contribution in [3.63, 3.8) is 0 Å². The van der Waals surface area contributed by atoms with Crippen molar-refractivity contribution in [3.8, 4) is 0 Å². The van der Waals surface area contributed by atoms with Gasteiger partial charge in [0.05, 0.1) is 48.0 Å². The predicted molar refractivity (Wildman–Crippen MR) is 125 cm³/mol. The molecule has 34 heavy (non-hydrogen) atoms. The first kappa shape index (κ1) is 23.3. The zero-order chi connectivity index (χ0) is 24.2. The number of rotatable bonds is 6. The molecule has 2 aromatic rings. The Bertz CT molecular complexity index is 1200. The van der Waals surface area contributed by atoms with Crippen molar-refractivity contribution in [2.45, 2.75) is 13.5 Å². The summed E-state index contributed by atoms with van der Waals surface area (Å²) in [6.45, 7) is 7.08. The molecule has 7 nitrogen and oxygen atoms in total. The number of ether oxygens (including phenoxy) is 1. The number of halogens is 2. The van der Waals surface area contributed by atoms with Gasteiger partial charge in [-0.2, -0.15) is 0 Å². The molecule has 1 aromatic carbocycles. The lowest BCUT2D eigenvalue weighted by atomic mass is 10.0. The highest BCUT2D eigenvalue weighted by Crippen LogP contribution is 2.34. The topological polar surface area (TPSA) is 83.6 Å². The van der Waals surface area contributed by atoms with E-state index in [1.54, 1.807) is 29.2 Å². The van der Waals surface area contributed by atoms with Gasteiger partial charge in [0.15, 0.2) is 0 Å². The van der Waals surface area contributed by atoms with E-state index in [0.29, 0.717) is 54.5 Å². The Morgan fingerprint density at radius 2 is 1.94 bits per heavy atom. The number of benzene rings is 1. The third kappa shape index (κ3) is 4.60. The molecule has 3 heterocycles. The third-order valence-corrected chi connectivity index (χ3v) is 5.61. The molecule has 1 aromatic heterocycles. The van der Waals surface area contributed by atoms with Crippen molar-refractivity contribution in [2.75, 3.05) is 31.6 Å². The molecule has 2 aliphatic heterocycles. The first-order chi connectivity index (χ1) is 16.4. The van der Waals surface area contributed by atoms with Gasteiger partial charge in [0.25, 0.3) is 11.8 Å². The van der Waals surface area contributed by atoms with Crippen molar-refractivity contribution in [2.24, 2.45) is 0 Å². The van der Waals surface area contributed by atoms with Crippen LogP contribution < -0.4 is 10.6 Å². The van der Waals surface area contributed by atoms with Crippen LogP contribution in [0.3, 0.4) is 0 Å². The Morgan fingerprint density at radius 1 is 1.24 bits per heavy atom. The summed E-state index contributed by atoms with van der Waals surface area (Å²) in [5, 5.41) is 5.81. The standard InChI is InChI=1S/C25H24F2N4O3/c1-3-17(26)22(18(27)4-2)19-13-20(23-21(30-19)14-28-24(23)32)29-16-7-5-15(6-8-16)25(33)31-9-11-34-12-10-31/h3-8,13H,1,9-12,14H2,2H3,(H,28,32)(H,29,30)/b18-4+,22-17-. The van der Waals surface area contributed by atoms with Crippen LogP contribution in [0.15, 0.2) is 60.7 Å². The summed E-state index contributed by atoms with van der Waals surface area (Å²) in [5.41, 5.74) is 1.84. The Balaban J connectivity index is 1.67. The summed E-state index contributed by atoms with van der Waals surface area (Å²) in [6, 6.07) is 8.22. The minimum absolute atomic E-state index is 0.0323. The highest BCUT2D eigenvalue weighted by molar-refractivity contribution is 6.04. The summed E-state index contributed by atoms with van der Waals surface area (Å²) in [5.74, 6) is -2.08. The van der Waals surface area contributed by atoms with Crippen molar-refractivity contribution < 1.29 is 23.1 Å². The van der Waals surface area contributed by atoms with E-state index in [0.717, 1.165) is 12.2 Å². The number of anilines is 2. The van der Waals surface area contributed by atoms with Crippen molar-refractivity contribution in [3.05, 3.63) is 83.2 Å². The zero-order valence-corrected chi connectivity index (χ0v) is 18.7. The molecule has 9 heteroatoms. The van der Waals surface area contributed by atoms with Gasteiger partial charge in [-0.3, -0.25) is 9.59 Å². The van der Waals surface area contributed by atoms with E-state index in [1.165, 1.54) is 13.0 Å². The van der Waals surface area contributed by atoms with Crippen LogP contribution in [0.1, 0.15) is 39.0 Å². The summed E-state index contributed by atoms with van der Waals surface area (Å²) in [7, 11) is 0. The average molecular weight is 466 g/mol. The molecule has 2 aliphatic rings. The van der Waals surface area contributed by atoms with Gasteiger partial charge >= 0.3 is 0 Å². The van der Waals surface area contributed by atoms with Gasteiger partial charge in [0.1, 0.15) is 11.7 Å². The molecule has 1 fully saturated rings. The first-order valence-electron chi connectivity index (χ1n) is 10.8. The second-order valence-electron chi connectivity index (χ2n) is 7.73. The molecule has 176 valence electrons. The summed E-state index contributed by atoms with van der Waals surface area (Å²) in [4.78, 5) is 31.1. The van der Waals surface area contributed by atoms with E-state index >= 15 is 0 Å². The number of allylic oxidation sites excluding steroid dienone is 5. The molecule has 0 bridgehead atoms. The van der Waals surface area contributed by atoms with Gasteiger partial charge in [-0.15, -0.1) is 0 Å². The molecule has 0 aliphatic carbocycles. The lowest BCUT2D eigenvalue weighted by molar-refractivity contribution is 0.0303. The van der Waals surface area contributed by atoms with Crippen LogP contribution >= 0.6 is 0 Å². The third-order valence-electron chi connectivity index (χ3n) is 5.61. The van der Waals surface area contributed by atoms with Gasteiger partial charge in [-0.1, -0.05) is 12.7 Å². The number of pyridine rings is 1. The van der Waals surface area contributed by atoms with Crippen molar-refractivity contribution in [1.82, 2.24) is 15.2 Å². The summed E-state index contributed by atoms with van der Waals surface area (Å²) >= 11 is 0. The van der Waals surface area contributed by atoms with Crippen LogP contribution in [0.25, 0.3) is 5.57 Å². The van der Waals surface area contributed by atoms with E-state index in [4.69, 9.17) is 4.74 Å². The molecule has 0 unspecified atom stereocenters. The van der Waals surface area contributed by atoms with E-state index in [2.05, 4.69) is 22.2 Å². The monoisotopic (exact) mass is 466 g/mol. The maximum atomic E-state index is 14.5. The van der Waals surface area contributed by atoms with Gasteiger partial charge in [-0.05, 0) is 43.3 Å². The maximum Gasteiger partial charge on any atom is 0.255 e. The molecule has 0 saturated carbocycles. The van der Waals surface area contributed by atoms with Crippen LogP contribution in [-0.2, 0) is 11.3 Å². The van der Waals surface area contributed by atoms with Crippen LogP contribution in [0, 0.1) is 0 Å². The predicted octanol–water partition coefficient (Wildman–Crippen LogP) is 4.28. The second kappa shape index (κ2) is 9.96. The van der Waals surface area contributed by atoms with Gasteiger partial charge < -0.3 is 20.3 Å². The average Bonchev–Trinajstić information content (AvgIpc) is 3.25. The van der Waals surface area contributed by atoms with Gasteiger partial charge in [0, 0.05) is 24.3 Å². The zero-order valence-electron chi connectivity index (χ0n) is 18.7. The van der Waals surface area contributed by atoms with Gasteiger partial charge in [-0.25, -0.2) is 13.8 Å². The first-order valence-corrected chi connectivity index (χ1v) is 10.8. The van der Waals surface area contributed by atoms with Crippen molar-refractivity contribution >= 4 is 28.8 Å². The second-order valence-corrected chi connectivity index (χ2v) is 7.73. The van der Waals surface area contributed by atoms with E-state index < -0.39 is 11.7 Å². The van der Waals surface area contributed by atoms with Crippen molar-refractivity contribution in [1.29, 1.82) is 0 Å². The number of amides is 2. The highest BCUT2D eigenvalue weighted by atomic mass is 19.1. The summed E-state index contributed by atoms with van der Waals surface area (Å²) in [6.07, 6.45) is 2.04. The summed E-state index contributed by atoms with van der Waals surface area (Å²) < 4.78 is 34.3. The number of nitrogens with zero attached hydrogens (tertiary/aromatic N) is 2. The Kier molecular flexibility index (Phi) is 6.83. The fourth-order valence-corrected chi connectivity index (χ4v) is 3.86. The van der Waals surface area contributed by atoms with Crippen LogP contribution in [0.5, 0.6) is 0 Å². The lowest BCUT2D eigenvalue weighted by Crippen LogP contribution is -2.40. The smallest absolute Gasteiger partial charge is 0.255 e. The minimum atomic E-state index is -0.864. The Morgan fingerprint density at radius 3 is 2.59 bits per heavy atom. The lowest BCUT2D eigenvalue weighted by Gasteiger charge is -2.26. The SMILES string of the molecule is C=C/C(F)=C(\C(F)=C/C)c1cc(Nc2ccc(C(=O)N3CCOCC3)cc2)c2c(n1)CNC2=O. The molecule has 1 saturated heterocycles. The number of morpholine rings is 1. The molecular weight excluding hydrogens is 442 g/mol. The Hall–Kier alpha value is -3.85. The molecule has 4 rings (SSSR count). The number of hydrogen-bond acceptors (Lipinski definition) is 5. The maximum absolute atomic E-state index is 14.5. The fraction of sp³-hybridized carbons (Fsp3) is 0.240. The molecular formula is C25H24F2N4O3. The molecule has 2 amide bonds. The number of hydrogen-bond donors (Lipinski definition) is 2. The quantitative estimate of drug-likeness (QED) is 0.621. The van der Waals surface area contributed by atoms with E-state index in [9.17, 15) is 18.4 Å². The molecule has 2 N–H and O–H groups in total. The minimum Gasteiger partial charge on any atom is -0.378 e. The number of aromatic nitrogens is 1. The van der Waals surface area contributed by atoms with E-state index in [-0.39, 0.29) is 29.6 Å². The number of carbonyl (C=O) groups is 2. The number of nitrogens with one attached hydrogen (secondary N) is 2. The number of fused-ring (bicyclic) bond motifs is 1. The number of carbonyl (C=O) groups excluding carboxylic acids is 2. The fourth-order valence-electron chi connectivity index (χ4n) is 3.86. The highest BCUT2D eigenvalue weighted by Gasteiger charge is 2.27. The molecule has 0 radical (unpaired) electrons. The Labute approximate surface area is 195 Å². The van der Waals surface area contributed by atoms with Crippen LogP contribution in [0.4, 0.5) is 20.2 Å². The normalized spacial score (nSPS) is 16.5. The van der Waals surface area contributed by atoms with E-state index in [1.807, 2.05) is 0 Å². The van der Waals surface area contributed by atoms with Crippen LogP contribution in [-0.4, -0.2) is 48.0 Å². The molecule has 0 spiro atoms.